The number of hydrogen-bond acceptors (Lipinski definition) is 3. The first-order chi connectivity index (χ1) is 13.6. The normalized spacial score (nSPS) is 11.5. The number of nitrogens with one attached hydrogen (secondary N) is 1. The summed E-state index contributed by atoms with van der Waals surface area (Å²) >= 11 is 0. The summed E-state index contributed by atoms with van der Waals surface area (Å²) < 4.78 is 31.6. The molecule has 138 valence electrons. The van der Waals surface area contributed by atoms with Crippen LogP contribution in [0, 0.1) is 11.6 Å². The number of imidazole rings is 1. The molecule has 5 aromatic rings. The molecule has 28 heavy (non-hydrogen) atoms. The highest BCUT2D eigenvalue weighted by Gasteiger charge is 2.25. The van der Waals surface area contributed by atoms with E-state index < -0.39 is 17.2 Å². The number of halogens is 2. The fourth-order valence-electron chi connectivity index (χ4n) is 3.23. The molecule has 0 fully saturated rings. The molecule has 9 heteroatoms. The monoisotopic (exact) mass is 379 g/mol. The summed E-state index contributed by atoms with van der Waals surface area (Å²) in [4.78, 5) is 21.8. The van der Waals surface area contributed by atoms with Crippen LogP contribution in [0.15, 0.2) is 66.0 Å². The molecule has 0 spiro atoms. The van der Waals surface area contributed by atoms with Gasteiger partial charge in [-0.1, -0.05) is 22.0 Å². The molecule has 0 saturated carbocycles. The zero-order valence-corrected chi connectivity index (χ0v) is 14.4. The summed E-state index contributed by atoms with van der Waals surface area (Å²) in [6.07, 6.45) is 5.05. The number of H-pyrrole nitrogens is 1. The molecule has 5 rings (SSSR count). The summed E-state index contributed by atoms with van der Waals surface area (Å²) in [6, 6.07) is 10.6. The fraction of sp³-hybridized carbons (Fsp3) is 0.0526. The molecule has 0 bridgehead atoms. The van der Waals surface area contributed by atoms with Crippen LogP contribution in [0.1, 0.15) is 5.69 Å². The van der Waals surface area contributed by atoms with Crippen LogP contribution in [0.4, 0.5) is 8.78 Å². The predicted octanol–water partition coefficient (Wildman–Crippen LogP) is 1.98. The lowest BCUT2D eigenvalue weighted by Crippen LogP contribution is -2.28. The minimum atomic E-state index is -1.03. The van der Waals surface area contributed by atoms with Gasteiger partial charge in [0.15, 0.2) is 22.8 Å². The number of aromatic amines is 1. The van der Waals surface area contributed by atoms with Gasteiger partial charge >= 0.3 is 5.56 Å². The van der Waals surface area contributed by atoms with Gasteiger partial charge in [0.1, 0.15) is 11.2 Å². The Hall–Kier alpha value is -3.88. The van der Waals surface area contributed by atoms with Crippen molar-refractivity contribution in [2.24, 2.45) is 0 Å². The van der Waals surface area contributed by atoms with Crippen molar-refractivity contribution in [3.63, 3.8) is 0 Å². The molecule has 0 atom stereocenters. The second kappa shape index (κ2) is 6.08. The lowest BCUT2D eigenvalue weighted by molar-refractivity contribution is -0.556. The Balaban J connectivity index is 1.83. The van der Waals surface area contributed by atoms with Crippen LogP contribution >= 0.6 is 0 Å². The molecule has 3 heterocycles. The Morgan fingerprint density at radius 2 is 1.96 bits per heavy atom. The number of rotatable bonds is 3. The second-order valence-electron chi connectivity index (χ2n) is 6.31. The molecule has 0 unspecified atom stereocenters. The van der Waals surface area contributed by atoms with Gasteiger partial charge in [0.05, 0.1) is 12.9 Å². The van der Waals surface area contributed by atoms with Crippen molar-refractivity contribution in [3.05, 3.63) is 88.9 Å². The first-order valence-electron chi connectivity index (χ1n) is 8.47. The molecule has 3 aromatic heterocycles. The predicted molar refractivity (Wildman–Crippen MR) is 96.1 cm³/mol. The third-order valence-electron chi connectivity index (χ3n) is 4.53. The van der Waals surface area contributed by atoms with Crippen LogP contribution < -0.4 is 10.1 Å². The molecule has 0 aliphatic carbocycles. The van der Waals surface area contributed by atoms with Gasteiger partial charge in [-0.25, -0.2) is 23.5 Å². The maximum Gasteiger partial charge on any atom is 0.408 e. The summed E-state index contributed by atoms with van der Waals surface area (Å²) in [6.45, 7) is 0.333. The van der Waals surface area contributed by atoms with E-state index >= 15 is 0 Å². The van der Waals surface area contributed by atoms with Crippen LogP contribution in [-0.4, -0.2) is 24.4 Å². The van der Waals surface area contributed by atoms with E-state index in [1.54, 1.807) is 27.8 Å². The third-order valence-corrected chi connectivity index (χ3v) is 4.53. The Kier molecular flexibility index (Phi) is 3.54. The van der Waals surface area contributed by atoms with E-state index in [0.717, 1.165) is 12.1 Å². The van der Waals surface area contributed by atoms with E-state index in [1.807, 2.05) is 24.3 Å². The Morgan fingerprint density at radius 1 is 1.11 bits per heavy atom. The minimum Gasteiger partial charge on any atom is -0.331 e. The van der Waals surface area contributed by atoms with Crippen LogP contribution in [0.5, 0.6) is 0 Å². The molecule has 1 N–H and O–H groups in total. The summed E-state index contributed by atoms with van der Waals surface area (Å²) in [5.41, 5.74) is 1.99. The minimum absolute atomic E-state index is 0.185. The highest BCUT2D eigenvalue weighted by molar-refractivity contribution is 5.72. The topological polar surface area (TPSA) is 72.6 Å². The Labute approximate surface area is 156 Å². The van der Waals surface area contributed by atoms with Crippen LogP contribution in [0.25, 0.3) is 22.2 Å². The van der Waals surface area contributed by atoms with Gasteiger partial charge in [0.25, 0.3) is 5.52 Å². The smallest absolute Gasteiger partial charge is 0.331 e. The molecular weight excluding hydrogens is 366 g/mol. The average Bonchev–Trinajstić information content (AvgIpc) is 3.32. The van der Waals surface area contributed by atoms with E-state index in [-0.39, 0.29) is 5.69 Å². The quantitative estimate of drug-likeness (QED) is 0.487. The van der Waals surface area contributed by atoms with Crippen LogP contribution in [-0.2, 0) is 6.54 Å². The van der Waals surface area contributed by atoms with Crippen LogP contribution in [0.2, 0.25) is 0 Å². The van der Waals surface area contributed by atoms with Crippen molar-refractivity contribution >= 4 is 16.6 Å². The number of aromatic nitrogens is 6. The highest BCUT2D eigenvalue weighted by atomic mass is 19.2. The lowest BCUT2D eigenvalue weighted by atomic mass is 10.2. The van der Waals surface area contributed by atoms with Crippen molar-refractivity contribution < 1.29 is 13.3 Å². The van der Waals surface area contributed by atoms with Gasteiger partial charge in [0.2, 0.25) is 0 Å². The molecule has 0 aliphatic rings. The maximum absolute atomic E-state index is 13.7. The van der Waals surface area contributed by atoms with Gasteiger partial charge in [-0.2, -0.15) is 0 Å². The largest absolute Gasteiger partial charge is 0.408 e. The highest BCUT2D eigenvalue weighted by Crippen LogP contribution is 2.14. The fourth-order valence-corrected chi connectivity index (χ4v) is 3.23. The molecular formula is C19H13F2N6O+. The zero-order chi connectivity index (χ0) is 19.3. The van der Waals surface area contributed by atoms with Gasteiger partial charge < -0.3 is 4.57 Å². The van der Waals surface area contributed by atoms with E-state index in [2.05, 4.69) is 15.2 Å². The van der Waals surface area contributed by atoms with Crippen molar-refractivity contribution in [1.82, 2.24) is 24.4 Å². The average molecular weight is 379 g/mol. The van der Waals surface area contributed by atoms with Crippen molar-refractivity contribution in [1.29, 1.82) is 0 Å². The van der Waals surface area contributed by atoms with E-state index in [4.69, 9.17) is 0 Å². The van der Waals surface area contributed by atoms with Crippen molar-refractivity contribution in [2.75, 3.05) is 0 Å². The SMILES string of the molecule is O=c1c2c(Cn3ccnc3)nc3ccccc3[n+]2[nH]n1-c1ccc(F)c(F)c1. The van der Waals surface area contributed by atoms with Crippen molar-refractivity contribution in [2.45, 2.75) is 6.54 Å². The number of nitrogens with zero attached hydrogens (tertiary/aromatic N) is 5. The molecule has 0 amide bonds. The van der Waals surface area contributed by atoms with Crippen LogP contribution in [0.3, 0.4) is 0 Å². The summed E-state index contributed by atoms with van der Waals surface area (Å²) in [5.74, 6) is -2.01. The maximum atomic E-state index is 13.7. The van der Waals surface area contributed by atoms with Gasteiger partial charge in [-0.3, -0.25) is 0 Å². The molecule has 0 saturated heterocycles. The van der Waals surface area contributed by atoms with Gasteiger partial charge in [-0.05, 0) is 24.3 Å². The number of hydrogen-bond donors (Lipinski definition) is 1. The first-order valence-corrected chi connectivity index (χ1v) is 8.47. The van der Waals surface area contributed by atoms with Crippen molar-refractivity contribution in [3.8, 4) is 5.69 Å². The first kappa shape index (κ1) is 16.3. The van der Waals surface area contributed by atoms with E-state index in [9.17, 15) is 13.6 Å². The Bertz CT molecular complexity index is 1390. The molecule has 2 aromatic carbocycles. The number of para-hydroxylation sites is 2. The summed E-state index contributed by atoms with van der Waals surface area (Å²) in [7, 11) is 0. The zero-order valence-electron chi connectivity index (χ0n) is 14.4. The molecule has 0 radical (unpaired) electrons. The molecule has 7 nitrogen and oxygen atoms in total. The number of benzene rings is 2. The number of fused-ring (bicyclic) bond motifs is 3. The standard InChI is InChI=1S/C19H12F2N6O/c20-13-6-5-12(9-14(13)21)26-19(28)18-16(10-25-8-7-22-11-25)23-15-3-1-2-4-17(15)27(18)24-26/h1-9,11H,10H2/p+1. The van der Waals surface area contributed by atoms with Gasteiger partial charge in [-0.15, -0.1) is 4.52 Å². The van der Waals surface area contributed by atoms with E-state index in [0.29, 0.717) is 28.8 Å². The van der Waals surface area contributed by atoms with Gasteiger partial charge in [0, 0.05) is 18.5 Å². The van der Waals surface area contributed by atoms with E-state index in [1.165, 1.54) is 10.7 Å². The molecule has 0 aliphatic heterocycles. The third kappa shape index (κ3) is 2.48. The lowest BCUT2D eigenvalue weighted by Gasteiger charge is -2.03. The summed E-state index contributed by atoms with van der Waals surface area (Å²) in [5, 5.41) is 2.96. The Morgan fingerprint density at radius 3 is 2.75 bits per heavy atom. The second-order valence-corrected chi connectivity index (χ2v) is 6.31.